The maximum absolute atomic E-state index is 12.6. The molecule has 0 aliphatic carbocycles. The Hall–Kier alpha value is -2.04. The van der Waals surface area contributed by atoms with Crippen LogP contribution in [-0.2, 0) is 13.1 Å². The highest BCUT2D eigenvalue weighted by Gasteiger charge is 2.28. The van der Waals surface area contributed by atoms with Gasteiger partial charge in [0.25, 0.3) is 0 Å². The zero-order chi connectivity index (χ0) is 15.6. The number of urea groups is 1. The third kappa shape index (κ3) is 3.01. The van der Waals surface area contributed by atoms with Gasteiger partial charge in [-0.25, -0.2) is 9.59 Å². The number of nitrogens with zero attached hydrogens (tertiary/aromatic N) is 2. The summed E-state index contributed by atoms with van der Waals surface area (Å²) in [5.41, 5.74) is 2.24. The second-order valence-corrected chi connectivity index (χ2v) is 5.47. The highest BCUT2D eigenvalue weighted by Crippen LogP contribution is 2.25. The fourth-order valence-corrected chi connectivity index (χ4v) is 2.70. The summed E-state index contributed by atoms with van der Waals surface area (Å²) in [7, 11) is 0. The van der Waals surface area contributed by atoms with Gasteiger partial charge in [-0.3, -0.25) is 0 Å². The average Bonchev–Trinajstić information content (AvgIpc) is 2.90. The van der Waals surface area contributed by atoms with Crippen molar-refractivity contribution in [2.24, 2.45) is 0 Å². The molecule has 1 aromatic rings. The van der Waals surface area contributed by atoms with E-state index in [0.717, 1.165) is 17.5 Å². The molecule has 2 amide bonds. The maximum Gasteiger partial charge on any atom is 0.335 e. The fraction of sp³-hybridized carbons (Fsp3) is 0.500. The van der Waals surface area contributed by atoms with Gasteiger partial charge in [-0.1, -0.05) is 13.0 Å². The summed E-state index contributed by atoms with van der Waals surface area (Å²) in [6.45, 7) is 7.83. The first-order chi connectivity index (χ1) is 9.97. The van der Waals surface area contributed by atoms with E-state index < -0.39 is 5.97 Å². The number of benzene rings is 1. The molecule has 0 saturated heterocycles. The van der Waals surface area contributed by atoms with E-state index in [9.17, 15) is 9.59 Å². The van der Waals surface area contributed by atoms with Gasteiger partial charge in [0.1, 0.15) is 0 Å². The van der Waals surface area contributed by atoms with Crippen molar-refractivity contribution in [3.63, 3.8) is 0 Å². The average molecular weight is 290 g/mol. The van der Waals surface area contributed by atoms with Gasteiger partial charge < -0.3 is 14.9 Å². The number of aromatic carboxylic acids is 1. The molecule has 1 aromatic carbocycles. The van der Waals surface area contributed by atoms with Gasteiger partial charge >= 0.3 is 12.0 Å². The zero-order valence-corrected chi connectivity index (χ0v) is 12.8. The molecule has 1 atom stereocenters. The third-order valence-electron chi connectivity index (χ3n) is 4.16. The van der Waals surface area contributed by atoms with Crippen LogP contribution in [0.2, 0.25) is 0 Å². The van der Waals surface area contributed by atoms with E-state index in [1.807, 2.05) is 24.8 Å². The number of carboxylic acid groups (broad SMARTS) is 1. The number of fused-ring (bicyclic) bond motifs is 1. The molecule has 114 valence electrons. The van der Waals surface area contributed by atoms with Crippen LogP contribution in [0.4, 0.5) is 4.79 Å². The molecule has 1 unspecified atom stereocenters. The molecule has 2 rings (SSSR count). The largest absolute Gasteiger partial charge is 0.478 e. The van der Waals surface area contributed by atoms with Gasteiger partial charge in [-0.05, 0) is 43.5 Å². The molecule has 0 bridgehead atoms. The standard InChI is InChI=1S/C16H22N2O3/c1-4-11(3)18(5-2)16(21)17-9-13-7-6-12(15(19)20)8-14(13)10-17/h6-8,11H,4-5,9-10H2,1-3H3,(H,19,20). The molecule has 21 heavy (non-hydrogen) atoms. The number of rotatable bonds is 4. The van der Waals surface area contributed by atoms with Gasteiger partial charge in [0.15, 0.2) is 0 Å². The van der Waals surface area contributed by atoms with Crippen LogP contribution in [-0.4, -0.2) is 39.5 Å². The summed E-state index contributed by atoms with van der Waals surface area (Å²) in [5.74, 6) is -0.933. The van der Waals surface area contributed by atoms with Gasteiger partial charge in [0.05, 0.1) is 5.56 Å². The van der Waals surface area contributed by atoms with Gasteiger partial charge in [-0.15, -0.1) is 0 Å². The smallest absolute Gasteiger partial charge is 0.335 e. The minimum Gasteiger partial charge on any atom is -0.478 e. The molecule has 1 N–H and O–H groups in total. The van der Waals surface area contributed by atoms with Crippen LogP contribution in [0.1, 0.15) is 48.7 Å². The summed E-state index contributed by atoms with van der Waals surface area (Å²) in [6, 6.07) is 5.32. The Kier molecular flexibility index (Phi) is 4.50. The Morgan fingerprint density at radius 1 is 1.29 bits per heavy atom. The normalized spacial score (nSPS) is 14.7. The maximum atomic E-state index is 12.6. The van der Waals surface area contributed by atoms with Gasteiger partial charge in [0, 0.05) is 25.7 Å². The summed E-state index contributed by atoms with van der Waals surface area (Å²) in [6.07, 6.45) is 0.920. The molecule has 1 aliphatic rings. The molecular formula is C16H22N2O3. The summed E-state index contributed by atoms with van der Waals surface area (Å²) < 4.78 is 0. The SMILES string of the molecule is CCC(C)N(CC)C(=O)N1Cc2ccc(C(=O)O)cc2C1. The van der Waals surface area contributed by atoms with Crippen LogP contribution < -0.4 is 0 Å². The second-order valence-electron chi connectivity index (χ2n) is 5.47. The van der Waals surface area contributed by atoms with Crippen molar-refractivity contribution in [1.29, 1.82) is 0 Å². The lowest BCUT2D eigenvalue weighted by atomic mass is 10.1. The van der Waals surface area contributed by atoms with E-state index in [-0.39, 0.29) is 17.6 Å². The molecule has 5 heteroatoms. The zero-order valence-electron chi connectivity index (χ0n) is 12.8. The predicted octanol–water partition coefficient (Wildman–Crippen LogP) is 2.94. The first-order valence-electron chi connectivity index (χ1n) is 7.38. The van der Waals surface area contributed by atoms with Crippen molar-refractivity contribution < 1.29 is 14.7 Å². The van der Waals surface area contributed by atoms with Crippen LogP contribution in [0.15, 0.2) is 18.2 Å². The lowest BCUT2D eigenvalue weighted by Crippen LogP contribution is -2.45. The molecule has 0 fully saturated rings. The van der Waals surface area contributed by atoms with Crippen LogP contribution in [0.5, 0.6) is 0 Å². The van der Waals surface area contributed by atoms with E-state index in [0.29, 0.717) is 19.6 Å². The Morgan fingerprint density at radius 2 is 1.95 bits per heavy atom. The molecular weight excluding hydrogens is 268 g/mol. The highest BCUT2D eigenvalue weighted by molar-refractivity contribution is 5.88. The molecule has 0 aromatic heterocycles. The lowest BCUT2D eigenvalue weighted by molar-refractivity contribution is 0.0696. The number of carbonyl (C=O) groups is 2. The monoisotopic (exact) mass is 290 g/mol. The van der Waals surface area contributed by atoms with Crippen LogP contribution in [0.3, 0.4) is 0 Å². The Bertz CT molecular complexity index is 556. The Labute approximate surface area is 125 Å². The van der Waals surface area contributed by atoms with Crippen molar-refractivity contribution in [1.82, 2.24) is 9.80 Å². The quantitative estimate of drug-likeness (QED) is 0.927. The Morgan fingerprint density at radius 3 is 2.52 bits per heavy atom. The van der Waals surface area contributed by atoms with E-state index >= 15 is 0 Å². The van der Waals surface area contributed by atoms with Crippen molar-refractivity contribution in [2.75, 3.05) is 6.54 Å². The van der Waals surface area contributed by atoms with Crippen molar-refractivity contribution >= 4 is 12.0 Å². The molecule has 1 heterocycles. The van der Waals surface area contributed by atoms with Crippen molar-refractivity contribution in [3.8, 4) is 0 Å². The number of hydrogen-bond donors (Lipinski definition) is 1. The number of hydrogen-bond acceptors (Lipinski definition) is 2. The summed E-state index contributed by atoms with van der Waals surface area (Å²) in [4.78, 5) is 27.3. The minimum absolute atomic E-state index is 0.0277. The minimum atomic E-state index is -0.933. The second kappa shape index (κ2) is 6.16. The molecule has 0 radical (unpaired) electrons. The predicted molar refractivity (Wildman–Crippen MR) is 80.2 cm³/mol. The first kappa shape index (κ1) is 15.4. The highest BCUT2D eigenvalue weighted by atomic mass is 16.4. The first-order valence-corrected chi connectivity index (χ1v) is 7.38. The molecule has 5 nitrogen and oxygen atoms in total. The van der Waals surface area contributed by atoms with Gasteiger partial charge in [-0.2, -0.15) is 0 Å². The number of carbonyl (C=O) groups excluding carboxylic acids is 1. The van der Waals surface area contributed by atoms with Crippen LogP contribution in [0.25, 0.3) is 0 Å². The topological polar surface area (TPSA) is 60.9 Å². The number of carboxylic acids is 1. The van der Waals surface area contributed by atoms with Gasteiger partial charge in [0.2, 0.25) is 0 Å². The third-order valence-corrected chi connectivity index (χ3v) is 4.16. The molecule has 0 saturated carbocycles. The molecule has 1 aliphatic heterocycles. The lowest BCUT2D eigenvalue weighted by Gasteiger charge is -2.31. The van der Waals surface area contributed by atoms with E-state index in [1.165, 1.54) is 0 Å². The van der Waals surface area contributed by atoms with E-state index in [2.05, 4.69) is 6.92 Å². The molecule has 0 spiro atoms. The van der Waals surface area contributed by atoms with Crippen molar-refractivity contribution in [3.05, 3.63) is 34.9 Å². The van der Waals surface area contributed by atoms with E-state index in [1.54, 1.807) is 17.0 Å². The Balaban J connectivity index is 2.15. The summed E-state index contributed by atoms with van der Waals surface area (Å²) >= 11 is 0. The van der Waals surface area contributed by atoms with E-state index in [4.69, 9.17) is 5.11 Å². The van der Waals surface area contributed by atoms with Crippen molar-refractivity contribution in [2.45, 2.75) is 46.3 Å². The van der Waals surface area contributed by atoms with Crippen LogP contribution >= 0.6 is 0 Å². The fourth-order valence-electron chi connectivity index (χ4n) is 2.70. The summed E-state index contributed by atoms with van der Waals surface area (Å²) in [5, 5.41) is 9.03. The number of amides is 2. The van der Waals surface area contributed by atoms with Crippen LogP contribution in [0, 0.1) is 0 Å².